The number of carbonyl (C=O) groups is 2. The third-order valence-electron chi connectivity index (χ3n) is 5.10. The summed E-state index contributed by atoms with van der Waals surface area (Å²) >= 11 is 0. The first-order chi connectivity index (χ1) is 15.0. The molecule has 0 fully saturated rings. The molecule has 8 nitrogen and oxygen atoms in total. The summed E-state index contributed by atoms with van der Waals surface area (Å²) in [6, 6.07) is 12.9. The van der Waals surface area contributed by atoms with Crippen LogP contribution in [-0.2, 0) is 9.59 Å². The van der Waals surface area contributed by atoms with E-state index in [1.54, 1.807) is 12.4 Å². The molecular formula is C23H22N4O4. The lowest BCUT2D eigenvalue weighted by atomic mass is 9.97. The maximum Gasteiger partial charge on any atom is 0.303 e. The Labute approximate surface area is 179 Å². The van der Waals surface area contributed by atoms with E-state index < -0.39 is 5.97 Å². The second kappa shape index (κ2) is 8.91. The zero-order valence-electron chi connectivity index (χ0n) is 17.1. The Morgan fingerprint density at radius 3 is 2.52 bits per heavy atom. The van der Waals surface area contributed by atoms with Gasteiger partial charge in [-0.25, -0.2) is 5.01 Å². The number of nitrogens with zero attached hydrogens (tertiary/aromatic N) is 4. The van der Waals surface area contributed by atoms with Gasteiger partial charge in [0.05, 0.1) is 35.8 Å². The Morgan fingerprint density at radius 1 is 1.06 bits per heavy atom. The van der Waals surface area contributed by atoms with Gasteiger partial charge in [-0.05, 0) is 54.4 Å². The first-order valence-electron chi connectivity index (χ1n) is 10.1. The number of fused-ring (bicyclic) bond motifs is 1. The Kier molecular flexibility index (Phi) is 5.88. The van der Waals surface area contributed by atoms with Gasteiger partial charge in [-0.15, -0.1) is 0 Å². The van der Waals surface area contributed by atoms with Crippen LogP contribution in [0.1, 0.15) is 43.4 Å². The molecule has 3 aromatic rings. The van der Waals surface area contributed by atoms with E-state index in [1.165, 1.54) is 5.01 Å². The van der Waals surface area contributed by atoms with Gasteiger partial charge < -0.3 is 9.84 Å². The molecule has 1 N–H and O–H groups in total. The lowest BCUT2D eigenvalue weighted by Gasteiger charge is -2.22. The number of carboxylic acids is 1. The van der Waals surface area contributed by atoms with E-state index in [-0.39, 0.29) is 24.8 Å². The molecule has 1 amide bonds. The van der Waals surface area contributed by atoms with Crippen molar-refractivity contribution in [2.75, 3.05) is 6.61 Å². The Bertz CT molecular complexity index is 1140. The van der Waals surface area contributed by atoms with E-state index in [0.717, 1.165) is 33.6 Å². The van der Waals surface area contributed by atoms with Gasteiger partial charge >= 0.3 is 5.97 Å². The summed E-state index contributed by atoms with van der Waals surface area (Å²) < 4.78 is 5.50. The quantitative estimate of drug-likeness (QED) is 0.629. The second-order valence-electron chi connectivity index (χ2n) is 7.16. The molecule has 1 aliphatic heterocycles. The lowest BCUT2D eigenvalue weighted by molar-refractivity contribution is -0.141. The van der Waals surface area contributed by atoms with E-state index >= 15 is 0 Å². The van der Waals surface area contributed by atoms with Crippen molar-refractivity contribution in [3.63, 3.8) is 0 Å². The molecule has 31 heavy (non-hydrogen) atoms. The van der Waals surface area contributed by atoms with E-state index in [1.807, 2.05) is 49.4 Å². The van der Waals surface area contributed by atoms with Crippen molar-refractivity contribution < 1.29 is 19.4 Å². The van der Waals surface area contributed by atoms with Crippen molar-refractivity contribution in [1.82, 2.24) is 15.0 Å². The van der Waals surface area contributed by atoms with Crippen LogP contribution < -0.4 is 4.74 Å². The number of hydrogen-bond donors (Lipinski definition) is 1. The Hall–Kier alpha value is -3.81. The monoisotopic (exact) mass is 418 g/mol. The zero-order chi connectivity index (χ0) is 21.8. The number of ether oxygens (including phenoxy) is 1. The first-order valence-corrected chi connectivity index (χ1v) is 10.1. The summed E-state index contributed by atoms with van der Waals surface area (Å²) in [6.07, 6.45) is 3.42. The van der Waals surface area contributed by atoms with Gasteiger partial charge in [-0.1, -0.05) is 6.07 Å². The summed E-state index contributed by atoms with van der Waals surface area (Å²) in [5.41, 5.74) is 4.02. The molecule has 4 rings (SSSR count). The van der Waals surface area contributed by atoms with Gasteiger partial charge in [0.2, 0.25) is 5.91 Å². The van der Waals surface area contributed by atoms with Crippen molar-refractivity contribution in [2.45, 2.75) is 32.2 Å². The third kappa shape index (κ3) is 4.53. The largest absolute Gasteiger partial charge is 0.494 e. The highest BCUT2D eigenvalue weighted by Crippen LogP contribution is 2.34. The first kappa shape index (κ1) is 20.5. The number of rotatable bonds is 7. The van der Waals surface area contributed by atoms with Crippen molar-refractivity contribution in [3.05, 3.63) is 66.0 Å². The van der Waals surface area contributed by atoms with Crippen LogP contribution in [0.15, 0.2) is 60.0 Å². The predicted molar refractivity (Wildman–Crippen MR) is 115 cm³/mol. The molecule has 2 heterocycles. The van der Waals surface area contributed by atoms with Crippen molar-refractivity contribution in [1.29, 1.82) is 0 Å². The van der Waals surface area contributed by atoms with Crippen LogP contribution in [0.4, 0.5) is 0 Å². The smallest absolute Gasteiger partial charge is 0.303 e. The average molecular weight is 418 g/mol. The van der Waals surface area contributed by atoms with Crippen molar-refractivity contribution in [2.24, 2.45) is 5.10 Å². The SMILES string of the molecule is CCOc1ccc(C2=NN(C(=O)CCC(=O)O)C(c3ccc4nccnc4c3)C2)cc1. The van der Waals surface area contributed by atoms with E-state index in [9.17, 15) is 9.59 Å². The minimum absolute atomic E-state index is 0.112. The van der Waals surface area contributed by atoms with Gasteiger partial charge in [-0.3, -0.25) is 19.6 Å². The standard InChI is InChI=1S/C23H22N4O4/c1-2-31-17-6-3-15(4-7-17)19-14-21(27(26-19)22(28)9-10-23(29)30)16-5-8-18-20(13-16)25-12-11-24-18/h3-8,11-13,21H,2,9-10,14H2,1H3,(H,29,30). The maximum atomic E-state index is 12.8. The fourth-order valence-electron chi connectivity index (χ4n) is 3.60. The molecule has 0 spiro atoms. The number of aromatic nitrogens is 2. The molecule has 8 heteroatoms. The van der Waals surface area contributed by atoms with Crippen LogP contribution in [0.2, 0.25) is 0 Å². The van der Waals surface area contributed by atoms with Crippen LogP contribution in [0.5, 0.6) is 5.75 Å². The highest BCUT2D eigenvalue weighted by molar-refractivity contribution is 6.03. The number of benzene rings is 2. The molecule has 1 aromatic heterocycles. The van der Waals surface area contributed by atoms with Crippen LogP contribution in [0.25, 0.3) is 11.0 Å². The van der Waals surface area contributed by atoms with Gasteiger partial charge in [0, 0.05) is 25.2 Å². The number of amides is 1. The van der Waals surface area contributed by atoms with Crippen molar-refractivity contribution >= 4 is 28.6 Å². The molecule has 1 unspecified atom stereocenters. The van der Waals surface area contributed by atoms with Crippen LogP contribution >= 0.6 is 0 Å². The number of carbonyl (C=O) groups excluding carboxylic acids is 1. The highest BCUT2D eigenvalue weighted by atomic mass is 16.5. The fraction of sp³-hybridized carbons (Fsp3) is 0.261. The molecule has 1 atom stereocenters. The predicted octanol–water partition coefficient (Wildman–Crippen LogP) is 3.57. The summed E-state index contributed by atoms with van der Waals surface area (Å²) in [5.74, 6) is -0.572. The molecule has 158 valence electrons. The lowest BCUT2D eigenvalue weighted by Crippen LogP contribution is -2.27. The Balaban J connectivity index is 1.65. The van der Waals surface area contributed by atoms with E-state index in [4.69, 9.17) is 9.84 Å². The molecule has 0 aliphatic carbocycles. The van der Waals surface area contributed by atoms with Gasteiger partial charge in [-0.2, -0.15) is 5.10 Å². The normalized spacial score (nSPS) is 15.7. The fourth-order valence-corrected chi connectivity index (χ4v) is 3.60. The molecule has 2 aromatic carbocycles. The van der Waals surface area contributed by atoms with E-state index in [0.29, 0.717) is 13.0 Å². The molecule has 1 aliphatic rings. The number of hydrazone groups is 1. The molecular weight excluding hydrogens is 396 g/mol. The number of carboxylic acid groups (broad SMARTS) is 1. The third-order valence-corrected chi connectivity index (χ3v) is 5.10. The summed E-state index contributed by atoms with van der Waals surface area (Å²) in [7, 11) is 0. The van der Waals surface area contributed by atoms with Gasteiger partial charge in [0.15, 0.2) is 0 Å². The Morgan fingerprint density at radius 2 is 1.81 bits per heavy atom. The molecule has 0 radical (unpaired) electrons. The topological polar surface area (TPSA) is 105 Å². The number of hydrogen-bond acceptors (Lipinski definition) is 6. The summed E-state index contributed by atoms with van der Waals surface area (Å²) in [6.45, 7) is 2.51. The number of aliphatic carboxylic acids is 1. The van der Waals surface area contributed by atoms with Crippen LogP contribution in [-0.4, -0.2) is 44.3 Å². The summed E-state index contributed by atoms with van der Waals surface area (Å²) in [4.78, 5) is 32.4. The zero-order valence-corrected chi connectivity index (χ0v) is 17.1. The minimum Gasteiger partial charge on any atom is -0.494 e. The second-order valence-corrected chi connectivity index (χ2v) is 7.16. The summed E-state index contributed by atoms with van der Waals surface area (Å²) in [5, 5.41) is 15.0. The molecule has 0 bridgehead atoms. The van der Waals surface area contributed by atoms with Gasteiger partial charge in [0.25, 0.3) is 0 Å². The van der Waals surface area contributed by atoms with E-state index in [2.05, 4.69) is 15.1 Å². The highest BCUT2D eigenvalue weighted by Gasteiger charge is 2.33. The average Bonchev–Trinajstić information content (AvgIpc) is 3.23. The minimum atomic E-state index is -1.01. The maximum absolute atomic E-state index is 12.8. The van der Waals surface area contributed by atoms with Crippen LogP contribution in [0, 0.1) is 0 Å². The van der Waals surface area contributed by atoms with Crippen LogP contribution in [0.3, 0.4) is 0 Å². The molecule has 0 saturated heterocycles. The van der Waals surface area contributed by atoms with Gasteiger partial charge in [0.1, 0.15) is 5.75 Å². The van der Waals surface area contributed by atoms with Crippen molar-refractivity contribution in [3.8, 4) is 5.75 Å². The molecule has 0 saturated carbocycles.